The summed E-state index contributed by atoms with van der Waals surface area (Å²) in [6.07, 6.45) is 0. The van der Waals surface area contributed by atoms with E-state index in [1.54, 1.807) is 18.2 Å². The van der Waals surface area contributed by atoms with Gasteiger partial charge in [0, 0.05) is 12.2 Å². The van der Waals surface area contributed by atoms with E-state index in [9.17, 15) is 4.79 Å². The first-order valence-corrected chi connectivity index (χ1v) is 8.91. The molecule has 0 saturated heterocycles. The van der Waals surface area contributed by atoms with Crippen molar-refractivity contribution in [1.29, 1.82) is 0 Å². The molecule has 5 nitrogen and oxygen atoms in total. The van der Waals surface area contributed by atoms with E-state index >= 15 is 0 Å². The average molecular weight is 408 g/mol. The van der Waals surface area contributed by atoms with Crippen LogP contribution in [0.1, 0.15) is 35.3 Å². The molecule has 2 aromatic carbocycles. The zero-order chi connectivity index (χ0) is 18.4. The van der Waals surface area contributed by atoms with E-state index in [4.69, 9.17) is 14.6 Å². The molecule has 6 heteroatoms. The van der Waals surface area contributed by atoms with Gasteiger partial charge in [-0.1, -0.05) is 0 Å². The Morgan fingerprint density at radius 3 is 2.48 bits per heavy atom. The number of carbonyl (C=O) groups is 1. The van der Waals surface area contributed by atoms with Crippen molar-refractivity contribution in [2.45, 2.75) is 27.3 Å². The molecule has 0 aliphatic carbocycles. The SMILES string of the molecule is CCOc1cc(CNc2ccc(C(=O)O)cc2C)cc(Br)c1OCC. The number of nitrogens with one attached hydrogen (secondary N) is 1. The van der Waals surface area contributed by atoms with Gasteiger partial charge in [0.25, 0.3) is 0 Å². The van der Waals surface area contributed by atoms with Crippen molar-refractivity contribution in [3.05, 3.63) is 51.5 Å². The summed E-state index contributed by atoms with van der Waals surface area (Å²) in [6, 6.07) is 8.97. The largest absolute Gasteiger partial charge is 0.490 e. The summed E-state index contributed by atoms with van der Waals surface area (Å²) in [5.74, 6) is 0.481. The predicted molar refractivity (Wildman–Crippen MR) is 102 cm³/mol. The van der Waals surface area contributed by atoms with E-state index in [0.29, 0.717) is 31.3 Å². The lowest BCUT2D eigenvalue weighted by Gasteiger charge is -2.16. The zero-order valence-electron chi connectivity index (χ0n) is 14.6. The van der Waals surface area contributed by atoms with Crippen molar-refractivity contribution < 1.29 is 19.4 Å². The quantitative estimate of drug-likeness (QED) is 0.653. The normalized spacial score (nSPS) is 10.4. The highest BCUT2D eigenvalue weighted by atomic mass is 79.9. The predicted octanol–water partition coefficient (Wildman–Crippen LogP) is 4.87. The monoisotopic (exact) mass is 407 g/mol. The Kier molecular flexibility index (Phi) is 6.70. The van der Waals surface area contributed by atoms with Crippen molar-refractivity contribution in [2.24, 2.45) is 0 Å². The summed E-state index contributed by atoms with van der Waals surface area (Å²) in [5.41, 5.74) is 3.09. The molecular weight excluding hydrogens is 386 g/mol. The van der Waals surface area contributed by atoms with Gasteiger partial charge in [-0.25, -0.2) is 4.79 Å². The van der Waals surface area contributed by atoms with Crippen molar-refractivity contribution in [2.75, 3.05) is 18.5 Å². The maximum Gasteiger partial charge on any atom is 0.335 e. The van der Waals surface area contributed by atoms with Gasteiger partial charge in [-0.3, -0.25) is 0 Å². The number of ether oxygens (including phenoxy) is 2. The number of benzene rings is 2. The summed E-state index contributed by atoms with van der Waals surface area (Å²) in [5, 5.41) is 12.4. The molecule has 0 aromatic heterocycles. The van der Waals surface area contributed by atoms with Crippen molar-refractivity contribution in [3.63, 3.8) is 0 Å². The molecule has 0 aliphatic rings. The fourth-order valence-electron chi connectivity index (χ4n) is 2.46. The van der Waals surface area contributed by atoms with Gasteiger partial charge >= 0.3 is 5.97 Å². The lowest BCUT2D eigenvalue weighted by molar-refractivity contribution is 0.0697. The van der Waals surface area contributed by atoms with E-state index < -0.39 is 5.97 Å². The lowest BCUT2D eigenvalue weighted by Crippen LogP contribution is -2.05. The van der Waals surface area contributed by atoms with Crippen LogP contribution in [-0.4, -0.2) is 24.3 Å². The van der Waals surface area contributed by atoms with Gasteiger partial charge in [0.15, 0.2) is 11.5 Å². The van der Waals surface area contributed by atoms with Crippen molar-refractivity contribution in [3.8, 4) is 11.5 Å². The van der Waals surface area contributed by atoms with Crippen LogP contribution in [0.2, 0.25) is 0 Å². The van der Waals surface area contributed by atoms with Crippen LogP contribution in [0.15, 0.2) is 34.8 Å². The van der Waals surface area contributed by atoms with Gasteiger partial charge in [0.05, 0.1) is 23.2 Å². The Balaban J connectivity index is 2.19. The topological polar surface area (TPSA) is 67.8 Å². The Bertz CT molecular complexity index is 761. The average Bonchev–Trinajstić information content (AvgIpc) is 2.57. The van der Waals surface area contributed by atoms with E-state index in [0.717, 1.165) is 21.3 Å². The number of hydrogen-bond donors (Lipinski definition) is 2. The number of rotatable bonds is 8. The van der Waals surface area contributed by atoms with Crippen molar-refractivity contribution >= 4 is 27.6 Å². The molecule has 0 spiro atoms. The minimum Gasteiger partial charge on any atom is -0.490 e. The molecule has 0 fully saturated rings. The molecule has 0 amide bonds. The van der Waals surface area contributed by atoms with Gasteiger partial charge in [-0.15, -0.1) is 0 Å². The number of carboxylic acids is 1. The molecule has 0 heterocycles. The number of halogens is 1. The molecule has 25 heavy (non-hydrogen) atoms. The van der Waals surface area contributed by atoms with Crippen molar-refractivity contribution in [1.82, 2.24) is 0 Å². The standard InChI is InChI=1S/C19H22BrNO4/c1-4-24-17-10-13(9-15(20)18(17)25-5-2)11-21-16-7-6-14(19(22)23)8-12(16)3/h6-10,21H,4-5,11H2,1-3H3,(H,22,23). The van der Waals surface area contributed by atoms with Crippen LogP contribution < -0.4 is 14.8 Å². The van der Waals surface area contributed by atoms with Crippen LogP contribution in [0.4, 0.5) is 5.69 Å². The maximum absolute atomic E-state index is 11.0. The van der Waals surface area contributed by atoms with E-state index in [-0.39, 0.29) is 5.56 Å². The molecule has 0 atom stereocenters. The smallest absolute Gasteiger partial charge is 0.335 e. The first kappa shape index (κ1) is 19.1. The van der Waals surface area contributed by atoms with Gasteiger partial charge < -0.3 is 19.9 Å². The van der Waals surface area contributed by atoms with Crippen LogP contribution in [-0.2, 0) is 6.54 Å². The first-order valence-electron chi connectivity index (χ1n) is 8.12. The number of carboxylic acid groups (broad SMARTS) is 1. The molecule has 0 radical (unpaired) electrons. The molecule has 0 aliphatic heterocycles. The fraction of sp³-hybridized carbons (Fsp3) is 0.316. The minimum absolute atomic E-state index is 0.283. The summed E-state index contributed by atoms with van der Waals surface area (Å²) < 4.78 is 12.2. The number of aromatic carboxylic acids is 1. The molecule has 2 N–H and O–H groups in total. The number of hydrogen-bond acceptors (Lipinski definition) is 4. The van der Waals surface area contributed by atoms with Crippen LogP contribution >= 0.6 is 15.9 Å². The zero-order valence-corrected chi connectivity index (χ0v) is 16.1. The van der Waals surface area contributed by atoms with Gasteiger partial charge in [0.1, 0.15) is 0 Å². The second-order valence-electron chi connectivity index (χ2n) is 5.46. The molecule has 2 aromatic rings. The van der Waals surface area contributed by atoms with Crippen LogP contribution in [0, 0.1) is 6.92 Å². The highest BCUT2D eigenvalue weighted by Gasteiger charge is 2.12. The van der Waals surface area contributed by atoms with E-state index in [1.165, 1.54) is 0 Å². The Labute approximate surface area is 156 Å². The third-order valence-electron chi connectivity index (χ3n) is 3.61. The lowest BCUT2D eigenvalue weighted by atomic mass is 10.1. The van der Waals surface area contributed by atoms with E-state index in [1.807, 2.05) is 32.9 Å². The Hall–Kier alpha value is -2.21. The summed E-state index contributed by atoms with van der Waals surface area (Å²) in [4.78, 5) is 11.0. The molecule has 0 bridgehead atoms. The minimum atomic E-state index is -0.925. The van der Waals surface area contributed by atoms with Gasteiger partial charge in [0.2, 0.25) is 0 Å². The van der Waals surface area contributed by atoms with Crippen LogP contribution in [0.5, 0.6) is 11.5 Å². The van der Waals surface area contributed by atoms with Crippen LogP contribution in [0.3, 0.4) is 0 Å². The highest BCUT2D eigenvalue weighted by Crippen LogP contribution is 2.37. The Morgan fingerprint density at radius 2 is 1.88 bits per heavy atom. The third-order valence-corrected chi connectivity index (χ3v) is 4.20. The van der Waals surface area contributed by atoms with Gasteiger partial charge in [-0.2, -0.15) is 0 Å². The molecular formula is C19H22BrNO4. The molecule has 0 unspecified atom stereocenters. The Morgan fingerprint density at radius 1 is 1.16 bits per heavy atom. The maximum atomic E-state index is 11.0. The second-order valence-corrected chi connectivity index (χ2v) is 6.31. The summed E-state index contributed by atoms with van der Waals surface area (Å²) >= 11 is 3.54. The summed E-state index contributed by atoms with van der Waals surface area (Å²) in [7, 11) is 0. The molecule has 134 valence electrons. The van der Waals surface area contributed by atoms with Gasteiger partial charge in [-0.05, 0) is 78.2 Å². The number of anilines is 1. The number of aryl methyl sites for hydroxylation is 1. The summed E-state index contributed by atoms with van der Waals surface area (Å²) in [6.45, 7) is 7.44. The molecule has 2 rings (SSSR count). The molecule has 0 saturated carbocycles. The first-order chi connectivity index (χ1) is 12.0. The fourth-order valence-corrected chi connectivity index (χ4v) is 3.07. The third kappa shape index (κ3) is 4.89. The highest BCUT2D eigenvalue weighted by molar-refractivity contribution is 9.10. The van der Waals surface area contributed by atoms with Crippen LogP contribution in [0.25, 0.3) is 0 Å². The second kappa shape index (κ2) is 8.76. The van der Waals surface area contributed by atoms with E-state index in [2.05, 4.69) is 21.2 Å².